The lowest BCUT2D eigenvalue weighted by Gasteiger charge is -2.24. The van der Waals surface area contributed by atoms with Gasteiger partial charge in [-0.15, -0.1) is 0 Å². The molecule has 0 aromatic rings. The molecule has 19 heavy (non-hydrogen) atoms. The summed E-state index contributed by atoms with van der Waals surface area (Å²) in [4.78, 5) is 11.9. The van der Waals surface area contributed by atoms with E-state index in [9.17, 15) is 21.6 Å². The maximum atomic E-state index is 11.1. The normalized spacial score (nSPS) is 24.6. The molecule has 0 bridgehead atoms. The highest BCUT2D eigenvalue weighted by atomic mass is 32.2. The molecule has 0 aromatic carbocycles. The third-order valence-corrected chi connectivity index (χ3v) is 3.64. The molecule has 1 heterocycles. The minimum absolute atomic E-state index is 0.0489. The van der Waals surface area contributed by atoms with Crippen LogP contribution in [0.5, 0.6) is 0 Å². The minimum Gasteiger partial charge on any atom is -0.465 e. The Morgan fingerprint density at radius 1 is 1.26 bits per heavy atom. The molecule has 0 spiro atoms. The zero-order valence-corrected chi connectivity index (χ0v) is 12.0. The molecule has 1 aliphatic heterocycles. The molecule has 1 N–H and O–H groups in total. The molecule has 0 unspecified atom stereocenters. The van der Waals surface area contributed by atoms with Crippen LogP contribution in [0.15, 0.2) is 0 Å². The van der Waals surface area contributed by atoms with Crippen LogP contribution in [-0.4, -0.2) is 70.7 Å². The van der Waals surface area contributed by atoms with Crippen molar-refractivity contribution >= 4 is 26.3 Å². The van der Waals surface area contributed by atoms with Crippen LogP contribution in [-0.2, 0) is 28.6 Å². The SMILES string of the molecule is CS(=O)(=O)OC[C@@H]1[C@@H](OS(C)(=O)=O)CCN1C(=O)O. The van der Waals surface area contributed by atoms with Crippen LogP contribution in [0, 0.1) is 0 Å². The van der Waals surface area contributed by atoms with Gasteiger partial charge in [-0.1, -0.05) is 0 Å². The predicted octanol–water partition coefficient (Wildman–Crippen LogP) is -0.940. The maximum absolute atomic E-state index is 11.1. The first-order valence-electron chi connectivity index (χ1n) is 5.22. The van der Waals surface area contributed by atoms with Crippen LogP contribution in [0.25, 0.3) is 0 Å². The molecule has 11 heteroatoms. The molecule has 0 saturated carbocycles. The summed E-state index contributed by atoms with van der Waals surface area (Å²) in [7, 11) is -7.52. The Morgan fingerprint density at radius 2 is 1.84 bits per heavy atom. The van der Waals surface area contributed by atoms with Gasteiger partial charge in [0.05, 0.1) is 25.2 Å². The second-order valence-corrected chi connectivity index (χ2v) is 7.40. The number of rotatable bonds is 5. The van der Waals surface area contributed by atoms with Gasteiger partial charge in [0, 0.05) is 6.54 Å². The zero-order valence-electron chi connectivity index (χ0n) is 10.3. The molecule has 0 radical (unpaired) electrons. The van der Waals surface area contributed by atoms with Crippen LogP contribution in [0.2, 0.25) is 0 Å². The Kier molecular flexibility index (Phi) is 4.76. The first-order chi connectivity index (χ1) is 8.49. The number of likely N-dealkylation sites (tertiary alicyclic amines) is 1. The molecule has 1 rings (SSSR count). The number of carbonyl (C=O) groups is 1. The molecule has 0 aromatic heterocycles. The van der Waals surface area contributed by atoms with E-state index in [1.165, 1.54) is 0 Å². The van der Waals surface area contributed by atoms with E-state index in [1.54, 1.807) is 0 Å². The van der Waals surface area contributed by atoms with Crippen molar-refractivity contribution in [1.29, 1.82) is 0 Å². The molecule has 1 aliphatic rings. The van der Waals surface area contributed by atoms with Gasteiger partial charge in [0.1, 0.15) is 6.10 Å². The Labute approximate surface area is 111 Å². The van der Waals surface area contributed by atoms with E-state index in [2.05, 4.69) is 4.18 Å². The first-order valence-corrected chi connectivity index (χ1v) is 8.85. The van der Waals surface area contributed by atoms with Crippen molar-refractivity contribution in [3.8, 4) is 0 Å². The fraction of sp³-hybridized carbons (Fsp3) is 0.875. The highest BCUT2D eigenvalue weighted by Crippen LogP contribution is 2.23. The minimum atomic E-state index is -3.77. The molecule has 1 fully saturated rings. The van der Waals surface area contributed by atoms with Crippen LogP contribution in [0.4, 0.5) is 4.79 Å². The summed E-state index contributed by atoms with van der Waals surface area (Å²) in [6.07, 6.45) is -0.434. The second-order valence-electron chi connectivity index (χ2n) is 4.16. The monoisotopic (exact) mass is 317 g/mol. The standard InChI is InChI=1S/C8H15NO8S2/c1-18(12,13)16-5-6-7(17-19(2,14)15)3-4-9(6)8(10)11/h6-7H,3-5H2,1-2H3,(H,10,11)/t6-,7+/m1/s1. The van der Waals surface area contributed by atoms with Crippen molar-refractivity contribution in [3.05, 3.63) is 0 Å². The molecule has 1 saturated heterocycles. The zero-order chi connectivity index (χ0) is 14.8. The van der Waals surface area contributed by atoms with E-state index >= 15 is 0 Å². The largest absolute Gasteiger partial charge is 0.465 e. The van der Waals surface area contributed by atoms with E-state index in [4.69, 9.17) is 9.29 Å². The van der Waals surface area contributed by atoms with Crippen molar-refractivity contribution in [2.24, 2.45) is 0 Å². The third-order valence-electron chi connectivity index (χ3n) is 2.48. The molecule has 9 nitrogen and oxygen atoms in total. The van der Waals surface area contributed by atoms with Crippen LogP contribution in [0.1, 0.15) is 6.42 Å². The summed E-state index contributed by atoms with van der Waals surface area (Å²) >= 11 is 0. The first kappa shape index (κ1) is 16.1. The van der Waals surface area contributed by atoms with Gasteiger partial charge in [0.15, 0.2) is 0 Å². The molecular formula is C8H15NO8S2. The smallest absolute Gasteiger partial charge is 0.407 e. The van der Waals surface area contributed by atoms with Gasteiger partial charge in [0.25, 0.3) is 20.2 Å². The summed E-state index contributed by atoms with van der Waals surface area (Å²) in [5.41, 5.74) is 0. The lowest BCUT2D eigenvalue weighted by Crippen LogP contribution is -2.43. The molecular weight excluding hydrogens is 302 g/mol. The van der Waals surface area contributed by atoms with E-state index in [0.29, 0.717) is 0 Å². The fourth-order valence-corrected chi connectivity index (χ4v) is 2.85. The van der Waals surface area contributed by atoms with E-state index in [1.807, 2.05) is 0 Å². The Morgan fingerprint density at radius 3 is 2.26 bits per heavy atom. The number of carboxylic acid groups (broad SMARTS) is 1. The molecule has 112 valence electrons. The van der Waals surface area contributed by atoms with Gasteiger partial charge in [-0.2, -0.15) is 16.8 Å². The highest BCUT2D eigenvalue weighted by Gasteiger charge is 2.40. The van der Waals surface area contributed by atoms with E-state index in [-0.39, 0.29) is 13.0 Å². The molecule has 0 aliphatic carbocycles. The Bertz CT molecular complexity index is 539. The van der Waals surface area contributed by atoms with Crippen LogP contribution < -0.4 is 0 Å². The quantitative estimate of drug-likeness (QED) is 0.643. The summed E-state index contributed by atoms with van der Waals surface area (Å²) in [6.45, 7) is -0.432. The van der Waals surface area contributed by atoms with Gasteiger partial charge in [-0.3, -0.25) is 8.37 Å². The lowest BCUT2D eigenvalue weighted by molar-refractivity contribution is 0.0888. The molecule has 1 amide bonds. The van der Waals surface area contributed by atoms with Crippen molar-refractivity contribution in [1.82, 2.24) is 4.90 Å². The predicted molar refractivity (Wildman–Crippen MR) is 63.6 cm³/mol. The van der Waals surface area contributed by atoms with Crippen molar-refractivity contribution < 1.29 is 35.1 Å². The van der Waals surface area contributed by atoms with Crippen LogP contribution >= 0.6 is 0 Å². The Balaban J connectivity index is 2.84. The van der Waals surface area contributed by atoms with Crippen LogP contribution in [0.3, 0.4) is 0 Å². The summed E-state index contributed by atoms with van der Waals surface area (Å²) in [5.74, 6) is 0. The van der Waals surface area contributed by atoms with Gasteiger partial charge >= 0.3 is 6.09 Å². The maximum Gasteiger partial charge on any atom is 0.407 e. The molecule has 2 atom stereocenters. The van der Waals surface area contributed by atoms with Gasteiger partial charge < -0.3 is 10.0 Å². The van der Waals surface area contributed by atoms with E-state index in [0.717, 1.165) is 17.4 Å². The summed E-state index contributed by atoms with van der Waals surface area (Å²) in [6, 6.07) is -0.984. The second kappa shape index (κ2) is 5.61. The number of nitrogens with zero attached hydrogens (tertiary/aromatic N) is 1. The van der Waals surface area contributed by atoms with Crippen molar-refractivity contribution in [3.63, 3.8) is 0 Å². The summed E-state index contributed by atoms with van der Waals surface area (Å²) in [5, 5.41) is 8.95. The van der Waals surface area contributed by atoms with Gasteiger partial charge in [-0.05, 0) is 6.42 Å². The topological polar surface area (TPSA) is 127 Å². The van der Waals surface area contributed by atoms with Crippen molar-refractivity contribution in [2.75, 3.05) is 25.7 Å². The fourth-order valence-electron chi connectivity index (χ4n) is 1.79. The number of hydrogen-bond acceptors (Lipinski definition) is 7. The summed E-state index contributed by atoms with van der Waals surface area (Å²) < 4.78 is 53.2. The lowest BCUT2D eigenvalue weighted by atomic mass is 10.2. The number of hydrogen-bond donors (Lipinski definition) is 1. The highest BCUT2D eigenvalue weighted by molar-refractivity contribution is 7.86. The van der Waals surface area contributed by atoms with E-state index < -0.39 is 45.1 Å². The van der Waals surface area contributed by atoms with Gasteiger partial charge in [0.2, 0.25) is 0 Å². The number of amides is 1. The Hall–Kier alpha value is -0.910. The average Bonchev–Trinajstić information content (AvgIpc) is 2.54. The van der Waals surface area contributed by atoms with Crippen molar-refractivity contribution in [2.45, 2.75) is 18.6 Å². The average molecular weight is 317 g/mol. The van der Waals surface area contributed by atoms with Gasteiger partial charge in [-0.25, -0.2) is 4.79 Å². The third kappa shape index (κ3) is 5.30.